The van der Waals surface area contributed by atoms with Crippen LogP contribution in [-0.4, -0.2) is 37.3 Å². The van der Waals surface area contributed by atoms with Crippen molar-refractivity contribution in [3.05, 3.63) is 0 Å². The van der Waals surface area contributed by atoms with Gasteiger partial charge in [0.1, 0.15) is 9.68 Å². The Morgan fingerprint density at radius 2 is 1.80 bits per heavy atom. The number of carboxylic acids is 1. The number of aliphatic carboxylic acids is 1. The number of hydrogen-bond donors (Lipinski definition) is 1. The quantitative estimate of drug-likeness (QED) is 0.721. The first-order valence-electron chi connectivity index (χ1n) is 5.56. The Hall–Kier alpha value is -0.843. The van der Waals surface area contributed by atoms with Crippen LogP contribution in [0.3, 0.4) is 0 Å². The molecule has 1 amide bonds. The second kappa shape index (κ2) is 5.30. The van der Waals surface area contributed by atoms with Crippen molar-refractivity contribution < 1.29 is 14.7 Å². The summed E-state index contributed by atoms with van der Waals surface area (Å²) >= 11 is 0. The zero-order valence-corrected chi connectivity index (χ0v) is 10.8. The SMILES string of the molecule is C[SiH2]N(C(C)=O)[C@H]1CC[C@@H](C(=O)O)CC1. The minimum Gasteiger partial charge on any atom is -0.481 e. The molecule has 1 saturated carbocycles. The topological polar surface area (TPSA) is 57.6 Å². The number of carbonyl (C=O) groups is 2. The molecule has 0 saturated heterocycles. The molecule has 0 unspecified atom stereocenters. The Kier molecular flexibility index (Phi) is 4.32. The Morgan fingerprint density at radius 3 is 2.13 bits per heavy atom. The van der Waals surface area contributed by atoms with Gasteiger partial charge in [-0.05, 0) is 25.7 Å². The lowest BCUT2D eigenvalue weighted by molar-refractivity contribution is -0.143. The standard InChI is InChI=1S/C10H19NO3Si/c1-7(12)11(15-2)9-5-3-8(4-6-9)10(13)14/h8-9H,3-6,15H2,1-2H3,(H,13,14)/t8-,9+. The molecule has 5 heteroatoms. The van der Waals surface area contributed by atoms with Crippen LogP contribution in [0.15, 0.2) is 0 Å². The molecule has 0 bridgehead atoms. The second-order valence-electron chi connectivity index (χ2n) is 4.15. The van der Waals surface area contributed by atoms with Crippen molar-refractivity contribution in [2.24, 2.45) is 5.92 Å². The number of rotatable bonds is 3. The maximum absolute atomic E-state index is 11.3. The molecule has 15 heavy (non-hydrogen) atoms. The predicted octanol–water partition coefficient (Wildman–Crippen LogP) is 0.610. The van der Waals surface area contributed by atoms with Gasteiger partial charge in [-0.15, -0.1) is 0 Å². The predicted molar refractivity (Wildman–Crippen MR) is 60.3 cm³/mol. The molecule has 1 aliphatic carbocycles. The Bertz CT molecular complexity index is 249. The third-order valence-corrected chi connectivity index (χ3v) is 4.87. The molecule has 1 aliphatic rings. The first-order chi connectivity index (χ1) is 7.06. The van der Waals surface area contributed by atoms with Gasteiger partial charge in [0, 0.05) is 13.0 Å². The van der Waals surface area contributed by atoms with Gasteiger partial charge in [0.2, 0.25) is 5.91 Å². The highest BCUT2D eigenvalue weighted by atomic mass is 28.2. The maximum atomic E-state index is 11.3. The highest BCUT2D eigenvalue weighted by molar-refractivity contribution is 6.34. The Balaban J connectivity index is 2.49. The zero-order chi connectivity index (χ0) is 11.4. The van der Waals surface area contributed by atoms with Crippen LogP contribution in [0.5, 0.6) is 0 Å². The summed E-state index contributed by atoms with van der Waals surface area (Å²) in [6.07, 6.45) is 3.16. The van der Waals surface area contributed by atoms with Crippen LogP contribution in [-0.2, 0) is 9.59 Å². The van der Waals surface area contributed by atoms with E-state index >= 15 is 0 Å². The highest BCUT2D eigenvalue weighted by Crippen LogP contribution is 2.27. The van der Waals surface area contributed by atoms with E-state index in [1.165, 1.54) is 0 Å². The first-order valence-corrected chi connectivity index (χ1v) is 7.61. The van der Waals surface area contributed by atoms with Crippen molar-refractivity contribution in [1.82, 2.24) is 4.57 Å². The average Bonchev–Trinajstić information content (AvgIpc) is 2.19. The molecule has 0 heterocycles. The van der Waals surface area contributed by atoms with E-state index < -0.39 is 15.7 Å². The van der Waals surface area contributed by atoms with Crippen molar-refractivity contribution in [3.63, 3.8) is 0 Å². The molecule has 86 valence electrons. The molecule has 0 aliphatic heterocycles. The number of hydrogen-bond acceptors (Lipinski definition) is 2. The average molecular weight is 229 g/mol. The van der Waals surface area contributed by atoms with Crippen LogP contribution < -0.4 is 0 Å². The molecule has 0 spiro atoms. The molecule has 1 fully saturated rings. The van der Waals surface area contributed by atoms with Gasteiger partial charge in [-0.2, -0.15) is 0 Å². The summed E-state index contributed by atoms with van der Waals surface area (Å²) in [6.45, 7) is 3.71. The molecule has 0 aromatic carbocycles. The van der Waals surface area contributed by atoms with Crippen LogP contribution in [0.2, 0.25) is 6.55 Å². The van der Waals surface area contributed by atoms with E-state index in [1.54, 1.807) is 6.92 Å². The maximum Gasteiger partial charge on any atom is 0.306 e. The number of carbonyl (C=O) groups excluding carboxylic acids is 1. The van der Waals surface area contributed by atoms with E-state index in [0.29, 0.717) is 6.04 Å². The van der Waals surface area contributed by atoms with Gasteiger partial charge in [0.15, 0.2) is 0 Å². The summed E-state index contributed by atoms with van der Waals surface area (Å²) in [4.78, 5) is 22.1. The van der Waals surface area contributed by atoms with Crippen molar-refractivity contribution in [1.29, 1.82) is 0 Å². The lowest BCUT2D eigenvalue weighted by Gasteiger charge is -2.35. The van der Waals surface area contributed by atoms with Crippen LogP contribution in [0.25, 0.3) is 0 Å². The minimum atomic E-state index is -0.684. The van der Waals surface area contributed by atoms with Gasteiger partial charge in [-0.3, -0.25) is 9.59 Å². The van der Waals surface area contributed by atoms with E-state index in [9.17, 15) is 9.59 Å². The van der Waals surface area contributed by atoms with E-state index in [0.717, 1.165) is 25.7 Å². The van der Waals surface area contributed by atoms with Gasteiger partial charge >= 0.3 is 5.97 Å². The Labute approximate surface area is 92.5 Å². The molecule has 1 rings (SSSR count). The van der Waals surface area contributed by atoms with Gasteiger partial charge in [0.25, 0.3) is 0 Å². The molecule has 0 aromatic heterocycles. The summed E-state index contributed by atoms with van der Waals surface area (Å²) in [7, 11) is -0.464. The fourth-order valence-corrected chi connectivity index (χ4v) is 3.70. The fraction of sp³-hybridized carbons (Fsp3) is 0.800. The van der Waals surface area contributed by atoms with Gasteiger partial charge in [0.05, 0.1) is 5.92 Å². The van der Waals surface area contributed by atoms with Crippen molar-refractivity contribution >= 4 is 21.6 Å². The number of carboxylic acid groups (broad SMARTS) is 1. The van der Waals surface area contributed by atoms with Crippen LogP contribution in [0.1, 0.15) is 32.6 Å². The second-order valence-corrected chi connectivity index (χ2v) is 5.46. The van der Waals surface area contributed by atoms with Crippen LogP contribution >= 0.6 is 0 Å². The summed E-state index contributed by atoms with van der Waals surface area (Å²) in [6, 6.07) is 0.315. The lowest BCUT2D eigenvalue weighted by atomic mass is 9.86. The van der Waals surface area contributed by atoms with Crippen LogP contribution in [0.4, 0.5) is 0 Å². The van der Waals surface area contributed by atoms with E-state index in [2.05, 4.69) is 6.55 Å². The number of amides is 1. The summed E-state index contributed by atoms with van der Waals surface area (Å²) in [5.41, 5.74) is 0. The summed E-state index contributed by atoms with van der Waals surface area (Å²) in [5.74, 6) is -0.715. The van der Waals surface area contributed by atoms with Crippen molar-refractivity contribution in [3.8, 4) is 0 Å². The third-order valence-electron chi connectivity index (χ3n) is 3.23. The van der Waals surface area contributed by atoms with E-state index in [-0.39, 0.29) is 11.8 Å². The van der Waals surface area contributed by atoms with Crippen molar-refractivity contribution in [2.45, 2.75) is 45.2 Å². The molecule has 0 radical (unpaired) electrons. The molecule has 0 atom stereocenters. The molecule has 4 nitrogen and oxygen atoms in total. The Morgan fingerprint density at radius 1 is 1.27 bits per heavy atom. The van der Waals surface area contributed by atoms with Crippen molar-refractivity contribution in [2.75, 3.05) is 0 Å². The minimum absolute atomic E-state index is 0.156. The molecule has 0 aromatic rings. The smallest absolute Gasteiger partial charge is 0.306 e. The fourth-order valence-electron chi connectivity index (χ4n) is 2.37. The largest absolute Gasteiger partial charge is 0.481 e. The first kappa shape index (κ1) is 12.2. The monoisotopic (exact) mass is 229 g/mol. The van der Waals surface area contributed by atoms with Crippen LogP contribution in [0, 0.1) is 5.92 Å². The number of nitrogens with zero attached hydrogens (tertiary/aromatic N) is 1. The molecular formula is C10H19NO3Si. The molecule has 1 N–H and O–H groups in total. The third kappa shape index (κ3) is 3.05. The van der Waals surface area contributed by atoms with E-state index in [4.69, 9.17) is 5.11 Å². The normalized spacial score (nSPS) is 26.8. The molecular weight excluding hydrogens is 210 g/mol. The van der Waals surface area contributed by atoms with Gasteiger partial charge < -0.3 is 9.67 Å². The zero-order valence-electron chi connectivity index (χ0n) is 9.40. The highest BCUT2D eigenvalue weighted by Gasteiger charge is 2.29. The van der Waals surface area contributed by atoms with E-state index in [1.807, 2.05) is 4.57 Å². The summed E-state index contributed by atoms with van der Waals surface area (Å²) in [5, 5.41) is 8.86. The lowest BCUT2D eigenvalue weighted by Crippen LogP contribution is -2.43. The summed E-state index contributed by atoms with van der Waals surface area (Å²) < 4.78 is 1.98. The van der Waals surface area contributed by atoms with Gasteiger partial charge in [-0.25, -0.2) is 0 Å². The van der Waals surface area contributed by atoms with Gasteiger partial charge in [-0.1, -0.05) is 6.55 Å².